The third-order valence-corrected chi connectivity index (χ3v) is 14.9. The molecule has 12 nitrogen and oxygen atoms in total. The summed E-state index contributed by atoms with van der Waals surface area (Å²) in [5, 5.41) is 23.0. The Balaban J connectivity index is 1.58. The molecule has 2 fully saturated rings. The molecule has 2 aromatic carbocycles. The second-order valence-electron chi connectivity index (χ2n) is 13.4. The highest BCUT2D eigenvalue weighted by molar-refractivity contribution is 6.91. The summed E-state index contributed by atoms with van der Waals surface area (Å²) in [4.78, 5) is 55.2. The average Bonchev–Trinajstić information content (AvgIpc) is 3.73. The summed E-state index contributed by atoms with van der Waals surface area (Å²) < 4.78 is 17.1. The summed E-state index contributed by atoms with van der Waals surface area (Å²) in [5.41, 5.74) is -0.946. The zero-order valence-electron chi connectivity index (χ0n) is 27.8. The first-order valence-corrected chi connectivity index (χ1v) is 19.4. The molecule has 0 saturated carbocycles. The van der Waals surface area contributed by atoms with E-state index in [-0.39, 0.29) is 61.0 Å². The van der Waals surface area contributed by atoms with Crippen LogP contribution in [0.3, 0.4) is 0 Å². The number of aliphatic hydroxyl groups excluding tert-OH is 1. The van der Waals surface area contributed by atoms with Crippen LogP contribution in [0.25, 0.3) is 0 Å². The molecule has 3 aliphatic heterocycles. The number of nitrogens with zero attached hydrogens (tertiary/aromatic N) is 3. The van der Waals surface area contributed by atoms with Crippen LogP contribution < -0.4 is 14.8 Å². The molecule has 0 aromatic heterocycles. The largest absolute Gasteiger partial charge is 0.497 e. The van der Waals surface area contributed by atoms with E-state index in [0.717, 1.165) is 23.8 Å². The standard InChI is InChI=1S/C34H45N3O9Si/c1-22-32(47(4,5)26-14-12-25(44-2)13-15-26)29(20-30(39)35-18-8-9-24(35)21-38)46-34(22)27-19-23(37(42)43)11-16-28(27)36(33(34)41)17-7-6-10-31(40)45-3/h11-16,19,22,24,29,32,38H,6-10,17-18,20-21H2,1-5H3/t22-,24-,29+,32-,34+/m0/s1. The van der Waals surface area contributed by atoms with Crippen LogP contribution in [0.5, 0.6) is 5.75 Å². The fraction of sp³-hybridized carbons (Fsp3) is 0.559. The van der Waals surface area contributed by atoms with Gasteiger partial charge in [-0.3, -0.25) is 24.5 Å². The first kappa shape index (κ1) is 34.5. The summed E-state index contributed by atoms with van der Waals surface area (Å²) >= 11 is 0. The molecule has 2 amide bonds. The number of nitro benzene ring substituents is 1. The van der Waals surface area contributed by atoms with Gasteiger partial charge in [0.15, 0.2) is 5.60 Å². The fourth-order valence-corrected chi connectivity index (χ4v) is 12.1. The van der Waals surface area contributed by atoms with Crippen molar-refractivity contribution < 1.29 is 38.6 Å². The second-order valence-corrected chi connectivity index (χ2v) is 18.1. The third-order valence-electron chi connectivity index (χ3n) is 10.6. The Kier molecular flexibility index (Phi) is 10.1. The maximum atomic E-state index is 14.8. The molecule has 3 heterocycles. The minimum absolute atomic E-state index is 0.0243. The van der Waals surface area contributed by atoms with E-state index in [9.17, 15) is 29.6 Å². The lowest BCUT2D eigenvalue weighted by atomic mass is 9.82. The van der Waals surface area contributed by atoms with E-state index < -0.39 is 30.6 Å². The average molecular weight is 668 g/mol. The molecule has 0 unspecified atom stereocenters. The van der Waals surface area contributed by atoms with E-state index in [0.29, 0.717) is 30.6 Å². The highest BCUT2D eigenvalue weighted by Gasteiger charge is 2.66. The van der Waals surface area contributed by atoms with Crippen molar-refractivity contribution in [2.75, 3.05) is 38.8 Å². The maximum Gasteiger partial charge on any atom is 0.305 e. The number of fused-ring (bicyclic) bond motifs is 2. The predicted molar refractivity (Wildman–Crippen MR) is 177 cm³/mol. The Bertz CT molecular complexity index is 1520. The van der Waals surface area contributed by atoms with E-state index in [4.69, 9.17) is 14.2 Å². The number of likely N-dealkylation sites (tertiary alicyclic amines) is 1. The van der Waals surface area contributed by atoms with Gasteiger partial charge in [0.05, 0.1) is 58.1 Å². The summed E-state index contributed by atoms with van der Waals surface area (Å²) in [6, 6.07) is 12.1. The molecular weight excluding hydrogens is 622 g/mol. The molecule has 0 radical (unpaired) electrons. The Morgan fingerprint density at radius 1 is 1.15 bits per heavy atom. The van der Waals surface area contributed by atoms with Gasteiger partial charge in [-0.25, -0.2) is 0 Å². The summed E-state index contributed by atoms with van der Waals surface area (Å²) in [7, 11) is 0.395. The molecule has 1 N–H and O–H groups in total. The second kappa shape index (κ2) is 13.7. The molecule has 0 aliphatic carbocycles. The number of unbranched alkanes of at least 4 members (excludes halogenated alkanes) is 1. The Labute approximate surface area is 276 Å². The van der Waals surface area contributed by atoms with Crippen LogP contribution in [0.15, 0.2) is 42.5 Å². The summed E-state index contributed by atoms with van der Waals surface area (Å²) in [6.45, 7) is 7.11. The Hall–Kier alpha value is -3.81. The SMILES string of the molecule is COC(=O)CCCCN1C(=O)[C@]2(O[C@H](CC(=O)N3CCC[C@H]3CO)[C@@H]([Si](C)(C)c3ccc(OC)cc3)[C@@H]2C)c2cc([N+](=O)[O-])ccc21. The number of hydrogen-bond donors (Lipinski definition) is 1. The predicted octanol–water partition coefficient (Wildman–Crippen LogP) is 3.88. The number of nitro groups is 1. The number of carbonyl (C=O) groups excluding carboxylic acids is 3. The summed E-state index contributed by atoms with van der Waals surface area (Å²) in [5.74, 6) is -0.501. The van der Waals surface area contributed by atoms with Crippen molar-refractivity contribution in [3.05, 3.63) is 58.1 Å². The van der Waals surface area contributed by atoms with Gasteiger partial charge in [0.25, 0.3) is 11.6 Å². The van der Waals surface area contributed by atoms with Crippen LogP contribution in [0.1, 0.15) is 51.0 Å². The van der Waals surface area contributed by atoms with Gasteiger partial charge in [0.2, 0.25) is 5.91 Å². The van der Waals surface area contributed by atoms with Crippen LogP contribution >= 0.6 is 0 Å². The monoisotopic (exact) mass is 667 g/mol. The molecule has 5 rings (SSSR count). The van der Waals surface area contributed by atoms with E-state index in [1.165, 1.54) is 19.2 Å². The van der Waals surface area contributed by atoms with Gasteiger partial charge in [-0.2, -0.15) is 0 Å². The molecule has 254 valence electrons. The van der Waals surface area contributed by atoms with Crippen molar-refractivity contribution in [1.29, 1.82) is 0 Å². The van der Waals surface area contributed by atoms with E-state index >= 15 is 0 Å². The van der Waals surface area contributed by atoms with Gasteiger partial charge in [0, 0.05) is 43.1 Å². The third kappa shape index (κ3) is 6.16. The van der Waals surface area contributed by atoms with Gasteiger partial charge in [-0.1, -0.05) is 37.3 Å². The minimum atomic E-state index is -2.55. The van der Waals surface area contributed by atoms with Crippen molar-refractivity contribution in [2.24, 2.45) is 5.92 Å². The van der Waals surface area contributed by atoms with Crippen molar-refractivity contribution in [2.45, 2.75) is 81.8 Å². The van der Waals surface area contributed by atoms with Crippen LogP contribution in [-0.2, 0) is 29.5 Å². The van der Waals surface area contributed by atoms with E-state index in [1.54, 1.807) is 23.0 Å². The zero-order chi connectivity index (χ0) is 34.1. The molecule has 1 spiro atoms. The van der Waals surface area contributed by atoms with Crippen LogP contribution in [-0.4, -0.2) is 86.8 Å². The number of ether oxygens (including phenoxy) is 3. The highest BCUT2D eigenvalue weighted by Crippen LogP contribution is 2.60. The lowest BCUT2D eigenvalue weighted by Crippen LogP contribution is -2.52. The van der Waals surface area contributed by atoms with Crippen LogP contribution in [0, 0.1) is 16.0 Å². The van der Waals surface area contributed by atoms with Gasteiger partial charge in [0.1, 0.15) is 5.75 Å². The molecule has 3 aliphatic rings. The lowest BCUT2D eigenvalue weighted by Gasteiger charge is -2.37. The van der Waals surface area contributed by atoms with Crippen molar-refractivity contribution >= 4 is 42.4 Å². The number of methoxy groups -OCH3 is 2. The van der Waals surface area contributed by atoms with E-state index in [1.807, 2.05) is 31.2 Å². The van der Waals surface area contributed by atoms with Gasteiger partial charge in [-0.05, 0) is 49.4 Å². The van der Waals surface area contributed by atoms with Gasteiger partial charge < -0.3 is 29.1 Å². The number of carbonyl (C=O) groups is 3. The minimum Gasteiger partial charge on any atom is -0.497 e. The number of esters is 1. The topological polar surface area (TPSA) is 149 Å². The Morgan fingerprint density at radius 3 is 2.51 bits per heavy atom. The molecule has 2 saturated heterocycles. The first-order valence-electron chi connectivity index (χ1n) is 16.3. The van der Waals surface area contributed by atoms with Crippen molar-refractivity contribution in [3.8, 4) is 5.75 Å². The number of non-ortho nitro benzene ring substituents is 1. The quantitative estimate of drug-likeness (QED) is 0.117. The van der Waals surface area contributed by atoms with Crippen LogP contribution in [0.2, 0.25) is 18.6 Å². The number of rotatable bonds is 12. The maximum absolute atomic E-state index is 14.8. The molecule has 47 heavy (non-hydrogen) atoms. The molecule has 5 atom stereocenters. The van der Waals surface area contributed by atoms with E-state index in [2.05, 4.69) is 13.1 Å². The number of amides is 2. The fourth-order valence-electron chi connectivity index (χ4n) is 8.12. The lowest BCUT2D eigenvalue weighted by molar-refractivity contribution is -0.385. The molecular formula is C34H45N3O9Si. The normalized spacial score (nSPS) is 25.4. The van der Waals surface area contributed by atoms with Gasteiger partial charge >= 0.3 is 5.97 Å². The number of benzene rings is 2. The Morgan fingerprint density at radius 2 is 1.87 bits per heavy atom. The molecule has 2 aromatic rings. The first-order chi connectivity index (χ1) is 22.4. The zero-order valence-corrected chi connectivity index (χ0v) is 28.8. The number of anilines is 1. The smallest absolute Gasteiger partial charge is 0.305 e. The number of aliphatic hydroxyl groups is 1. The molecule has 0 bridgehead atoms. The van der Waals surface area contributed by atoms with Crippen LogP contribution in [0.4, 0.5) is 11.4 Å². The molecule has 13 heteroatoms. The number of hydrogen-bond acceptors (Lipinski definition) is 9. The van der Waals surface area contributed by atoms with Gasteiger partial charge in [-0.15, -0.1) is 0 Å². The highest BCUT2D eigenvalue weighted by atomic mass is 28.3. The van der Waals surface area contributed by atoms with Crippen molar-refractivity contribution in [1.82, 2.24) is 4.90 Å². The van der Waals surface area contributed by atoms with Crippen molar-refractivity contribution in [3.63, 3.8) is 0 Å². The summed E-state index contributed by atoms with van der Waals surface area (Å²) in [6.07, 6.45) is 2.12.